The summed E-state index contributed by atoms with van der Waals surface area (Å²) in [4.78, 5) is 32.6. The molecule has 0 spiro atoms. The second-order valence-electron chi connectivity index (χ2n) is 8.23. The molecule has 13 heteroatoms. The summed E-state index contributed by atoms with van der Waals surface area (Å²) in [5.74, 6) is 0.0291. The number of fused-ring (bicyclic) bond motifs is 1. The molecule has 0 aliphatic rings. The summed E-state index contributed by atoms with van der Waals surface area (Å²) in [6.07, 6.45) is -0.599. The first kappa shape index (κ1) is 26.4. The van der Waals surface area contributed by atoms with E-state index in [2.05, 4.69) is 20.4 Å². The molecule has 1 N–H and O–H groups in total. The van der Waals surface area contributed by atoms with E-state index in [1.165, 1.54) is 19.2 Å². The Labute approximate surface area is 214 Å². The standard InChI is InChI=1S/C25H22F3N5O5/c1-14-8-18-17(9-20(14)36-3)19(6-7-29-18)38-16-4-5-22(30-10-16)31-24(35)23-21(37-13-25(26,27)28)12-33(32-23)11-15(2)34/h4-10,12H,11,13H2,1-3H3,(H,30,31,35). The van der Waals surface area contributed by atoms with Gasteiger partial charge in [0.2, 0.25) is 0 Å². The average molecular weight is 529 g/mol. The Morgan fingerprint density at radius 3 is 2.53 bits per heavy atom. The lowest BCUT2D eigenvalue weighted by molar-refractivity contribution is -0.153. The SMILES string of the molecule is COc1cc2c(Oc3ccc(NC(=O)c4nn(CC(C)=O)cc4OCC(F)(F)F)nc3)ccnc2cc1C. The average Bonchev–Trinajstić information content (AvgIpc) is 3.25. The van der Waals surface area contributed by atoms with E-state index in [0.29, 0.717) is 22.8 Å². The van der Waals surface area contributed by atoms with E-state index in [0.717, 1.165) is 21.8 Å². The lowest BCUT2D eigenvalue weighted by Gasteiger charge is -2.12. The molecule has 4 aromatic rings. The smallest absolute Gasteiger partial charge is 0.422 e. The number of Topliss-reactive ketones (excluding diaryl/α,β-unsaturated/α-hetero) is 1. The summed E-state index contributed by atoms with van der Waals surface area (Å²) in [5, 5.41) is 7.06. The van der Waals surface area contributed by atoms with E-state index in [1.807, 2.05) is 19.1 Å². The van der Waals surface area contributed by atoms with Crippen LogP contribution < -0.4 is 19.5 Å². The van der Waals surface area contributed by atoms with Crippen LogP contribution in [0.3, 0.4) is 0 Å². The highest BCUT2D eigenvalue weighted by Gasteiger charge is 2.30. The minimum Gasteiger partial charge on any atom is -0.496 e. The molecule has 0 saturated heterocycles. The Morgan fingerprint density at radius 2 is 1.87 bits per heavy atom. The number of nitrogens with one attached hydrogen (secondary N) is 1. The van der Waals surface area contributed by atoms with Gasteiger partial charge >= 0.3 is 6.18 Å². The van der Waals surface area contributed by atoms with Crippen LogP contribution in [-0.4, -0.2) is 51.3 Å². The summed E-state index contributed by atoms with van der Waals surface area (Å²) >= 11 is 0. The van der Waals surface area contributed by atoms with Crippen LogP contribution in [0, 0.1) is 6.92 Å². The molecule has 1 aromatic carbocycles. The molecule has 0 bridgehead atoms. The molecule has 4 rings (SSSR count). The Hall–Kier alpha value is -4.68. The van der Waals surface area contributed by atoms with Gasteiger partial charge in [-0.1, -0.05) is 0 Å². The van der Waals surface area contributed by atoms with Crippen LogP contribution in [0.25, 0.3) is 10.9 Å². The van der Waals surface area contributed by atoms with Crippen molar-refractivity contribution < 1.29 is 37.0 Å². The van der Waals surface area contributed by atoms with Crippen LogP contribution in [0.4, 0.5) is 19.0 Å². The number of aromatic nitrogens is 4. The molecular weight excluding hydrogens is 507 g/mol. The third-order valence-electron chi connectivity index (χ3n) is 5.14. The molecular formula is C25H22F3N5O5. The predicted octanol–water partition coefficient (Wildman–Crippen LogP) is 4.72. The van der Waals surface area contributed by atoms with Gasteiger partial charge in [-0.25, -0.2) is 4.98 Å². The number of alkyl halides is 3. The van der Waals surface area contributed by atoms with Gasteiger partial charge in [0, 0.05) is 11.6 Å². The van der Waals surface area contributed by atoms with Gasteiger partial charge in [-0.15, -0.1) is 0 Å². The molecule has 0 fully saturated rings. The van der Waals surface area contributed by atoms with Crippen LogP contribution in [0.1, 0.15) is 23.0 Å². The maximum atomic E-state index is 12.7. The maximum absolute atomic E-state index is 12.7. The quantitative estimate of drug-likeness (QED) is 0.331. The number of carbonyl (C=O) groups is 2. The molecule has 0 radical (unpaired) electrons. The minimum atomic E-state index is -4.63. The van der Waals surface area contributed by atoms with Gasteiger partial charge in [0.05, 0.1) is 31.6 Å². The van der Waals surface area contributed by atoms with Crippen molar-refractivity contribution in [3.8, 4) is 23.0 Å². The van der Waals surface area contributed by atoms with Gasteiger partial charge in [-0.2, -0.15) is 18.3 Å². The van der Waals surface area contributed by atoms with Crippen molar-refractivity contribution in [1.82, 2.24) is 19.7 Å². The van der Waals surface area contributed by atoms with Crippen LogP contribution in [0.15, 0.2) is 48.9 Å². The summed E-state index contributed by atoms with van der Waals surface area (Å²) in [6, 6.07) is 8.38. The number of pyridine rings is 2. The van der Waals surface area contributed by atoms with Crippen molar-refractivity contribution in [3.63, 3.8) is 0 Å². The molecule has 1 amide bonds. The van der Waals surface area contributed by atoms with Crippen molar-refractivity contribution >= 4 is 28.4 Å². The van der Waals surface area contributed by atoms with Crippen molar-refractivity contribution in [3.05, 3.63) is 60.2 Å². The van der Waals surface area contributed by atoms with E-state index in [-0.39, 0.29) is 18.1 Å². The Balaban J connectivity index is 1.51. The molecule has 0 saturated carbocycles. The highest BCUT2D eigenvalue weighted by Crippen LogP contribution is 2.33. The zero-order valence-corrected chi connectivity index (χ0v) is 20.5. The first-order chi connectivity index (χ1) is 18.0. The second kappa shape index (κ2) is 10.7. The third-order valence-corrected chi connectivity index (χ3v) is 5.14. The maximum Gasteiger partial charge on any atom is 0.422 e. The Morgan fingerprint density at radius 1 is 1.08 bits per heavy atom. The van der Waals surface area contributed by atoms with Crippen LogP contribution in [0.5, 0.6) is 23.0 Å². The molecule has 3 heterocycles. The zero-order valence-electron chi connectivity index (χ0n) is 20.5. The van der Waals surface area contributed by atoms with E-state index < -0.39 is 30.1 Å². The molecule has 0 aliphatic heterocycles. The number of aryl methyl sites for hydroxylation is 1. The number of ether oxygens (including phenoxy) is 3. The lowest BCUT2D eigenvalue weighted by Crippen LogP contribution is -2.21. The van der Waals surface area contributed by atoms with E-state index in [4.69, 9.17) is 14.2 Å². The van der Waals surface area contributed by atoms with Crippen molar-refractivity contribution in [2.45, 2.75) is 26.6 Å². The van der Waals surface area contributed by atoms with Crippen LogP contribution in [-0.2, 0) is 11.3 Å². The fourth-order valence-electron chi connectivity index (χ4n) is 3.51. The van der Waals surface area contributed by atoms with Crippen molar-refractivity contribution in [1.29, 1.82) is 0 Å². The monoisotopic (exact) mass is 529 g/mol. The van der Waals surface area contributed by atoms with Gasteiger partial charge in [-0.3, -0.25) is 19.3 Å². The number of methoxy groups -OCH3 is 1. The topological polar surface area (TPSA) is 117 Å². The summed E-state index contributed by atoms with van der Waals surface area (Å²) in [6.45, 7) is 1.31. The number of halogens is 3. The molecule has 3 aromatic heterocycles. The molecule has 0 aliphatic carbocycles. The number of nitrogens with zero attached hydrogens (tertiary/aromatic N) is 4. The number of hydrogen-bond donors (Lipinski definition) is 1. The molecule has 38 heavy (non-hydrogen) atoms. The number of carbonyl (C=O) groups excluding carboxylic acids is 2. The number of hydrogen-bond acceptors (Lipinski definition) is 8. The first-order valence-electron chi connectivity index (χ1n) is 11.2. The predicted molar refractivity (Wildman–Crippen MR) is 130 cm³/mol. The second-order valence-corrected chi connectivity index (χ2v) is 8.23. The van der Waals surface area contributed by atoms with Crippen molar-refractivity contribution in [2.75, 3.05) is 19.0 Å². The molecule has 0 unspecified atom stereocenters. The highest BCUT2D eigenvalue weighted by molar-refractivity contribution is 6.04. The summed E-state index contributed by atoms with van der Waals surface area (Å²) in [5.41, 5.74) is 1.21. The van der Waals surface area contributed by atoms with Gasteiger partial charge in [0.1, 0.15) is 23.1 Å². The Bertz CT molecular complexity index is 1490. The van der Waals surface area contributed by atoms with Gasteiger partial charge in [-0.05, 0) is 49.7 Å². The lowest BCUT2D eigenvalue weighted by atomic mass is 10.1. The first-order valence-corrected chi connectivity index (χ1v) is 11.2. The van der Waals surface area contributed by atoms with Gasteiger partial charge in [0.15, 0.2) is 23.8 Å². The van der Waals surface area contributed by atoms with Crippen LogP contribution >= 0.6 is 0 Å². The van der Waals surface area contributed by atoms with Gasteiger partial charge < -0.3 is 19.5 Å². The number of anilines is 1. The fraction of sp³-hybridized carbons (Fsp3) is 0.240. The number of ketones is 1. The zero-order chi connectivity index (χ0) is 27.4. The van der Waals surface area contributed by atoms with Crippen LogP contribution in [0.2, 0.25) is 0 Å². The molecule has 10 nitrogen and oxygen atoms in total. The summed E-state index contributed by atoms with van der Waals surface area (Å²) in [7, 11) is 1.57. The van der Waals surface area contributed by atoms with Gasteiger partial charge in [0.25, 0.3) is 5.91 Å². The van der Waals surface area contributed by atoms with E-state index in [1.54, 1.807) is 25.4 Å². The molecule has 0 atom stereocenters. The number of rotatable bonds is 9. The van der Waals surface area contributed by atoms with Crippen molar-refractivity contribution in [2.24, 2.45) is 0 Å². The number of amides is 1. The van der Waals surface area contributed by atoms with E-state index >= 15 is 0 Å². The normalized spacial score (nSPS) is 11.3. The largest absolute Gasteiger partial charge is 0.496 e. The third kappa shape index (κ3) is 6.35. The van der Waals surface area contributed by atoms with E-state index in [9.17, 15) is 22.8 Å². The highest BCUT2D eigenvalue weighted by atomic mass is 19.4. The fourth-order valence-corrected chi connectivity index (χ4v) is 3.51. The summed E-state index contributed by atoms with van der Waals surface area (Å²) < 4.78 is 55.0. The number of benzene rings is 1. The molecule has 198 valence electrons. The Kier molecular flexibility index (Phi) is 7.46. The minimum absolute atomic E-state index is 0.0853.